The number of phenols is 1. The van der Waals surface area contributed by atoms with E-state index in [2.05, 4.69) is 0 Å². The van der Waals surface area contributed by atoms with Gasteiger partial charge in [0.05, 0.1) is 4.92 Å². The van der Waals surface area contributed by atoms with E-state index in [1.54, 1.807) is 12.1 Å². The smallest absolute Gasteiger partial charge is 0.295 e. The number of benzene rings is 2. The molecule has 0 bridgehead atoms. The van der Waals surface area contributed by atoms with Crippen LogP contribution in [0, 0.1) is 10.1 Å². The fourth-order valence-electron chi connectivity index (χ4n) is 1.61. The molecule has 2 aromatic rings. The molecule has 0 aliphatic carbocycles. The maximum Gasteiger partial charge on any atom is 0.295 e. The van der Waals surface area contributed by atoms with E-state index in [0.717, 1.165) is 5.56 Å². The van der Waals surface area contributed by atoms with E-state index in [0.29, 0.717) is 5.56 Å². The first-order valence-corrected chi connectivity index (χ1v) is 4.92. The Labute approximate surface area is 97.3 Å². The van der Waals surface area contributed by atoms with Crippen molar-refractivity contribution in [3.63, 3.8) is 0 Å². The number of phenolic OH excluding ortho intramolecular Hbond substituents is 1. The minimum atomic E-state index is -0.621. The van der Waals surface area contributed by atoms with Crippen molar-refractivity contribution in [2.24, 2.45) is 0 Å². The van der Waals surface area contributed by atoms with E-state index >= 15 is 0 Å². The van der Waals surface area contributed by atoms with Crippen molar-refractivity contribution in [1.82, 2.24) is 0 Å². The molecule has 0 aromatic heterocycles. The van der Waals surface area contributed by atoms with Gasteiger partial charge in [-0.2, -0.15) is 0 Å². The average Bonchev–Trinajstić information content (AvgIpc) is 2.33. The molecule has 0 saturated heterocycles. The SMILES string of the molecule is Nc1c([N+](=O)[O-])ccc(-c2ccccc2)c1O. The minimum Gasteiger partial charge on any atom is -0.505 e. The van der Waals surface area contributed by atoms with Crippen LogP contribution in [-0.2, 0) is 0 Å². The molecule has 0 fully saturated rings. The molecule has 0 heterocycles. The van der Waals surface area contributed by atoms with E-state index in [4.69, 9.17) is 5.73 Å². The van der Waals surface area contributed by atoms with Gasteiger partial charge in [-0.15, -0.1) is 0 Å². The van der Waals surface area contributed by atoms with Gasteiger partial charge in [0.1, 0.15) is 0 Å². The van der Waals surface area contributed by atoms with Gasteiger partial charge >= 0.3 is 0 Å². The van der Waals surface area contributed by atoms with E-state index in [1.807, 2.05) is 18.2 Å². The zero-order chi connectivity index (χ0) is 12.4. The molecule has 0 spiro atoms. The summed E-state index contributed by atoms with van der Waals surface area (Å²) in [6.45, 7) is 0. The molecule has 5 nitrogen and oxygen atoms in total. The number of nitro groups is 1. The Hall–Kier alpha value is -2.56. The molecule has 2 rings (SSSR count). The number of anilines is 1. The second-order valence-electron chi connectivity index (χ2n) is 3.52. The average molecular weight is 230 g/mol. The molecule has 86 valence electrons. The van der Waals surface area contributed by atoms with Gasteiger partial charge in [0.2, 0.25) is 0 Å². The Kier molecular flexibility index (Phi) is 2.66. The first-order chi connectivity index (χ1) is 8.11. The summed E-state index contributed by atoms with van der Waals surface area (Å²) in [4.78, 5) is 10.0. The molecule has 0 aliphatic heterocycles. The number of aromatic hydroxyl groups is 1. The van der Waals surface area contributed by atoms with Gasteiger partial charge in [-0.3, -0.25) is 10.1 Å². The first-order valence-electron chi connectivity index (χ1n) is 4.92. The Morgan fingerprint density at radius 3 is 2.35 bits per heavy atom. The molecule has 0 aliphatic rings. The lowest BCUT2D eigenvalue weighted by atomic mass is 10.0. The minimum absolute atomic E-state index is 0.212. The quantitative estimate of drug-likeness (QED) is 0.359. The summed E-state index contributed by atoms with van der Waals surface area (Å²) in [6, 6.07) is 11.8. The third-order valence-electron chi connectivity index (χ3n) is 2.48. The summed E-state index contributed by atoms with van der Waals surface area (Å²) in [6.07, 6.45) is 0. The van der Waals surface area contributed by atoms with Crippen LogP contribution < -0.4 is 5.73 Å². The molecule has 0 radical (unpaired) electrons. The van der Waals surface area contributed by atoms with Crippen molar-refractivity contribution in [3.05, 3.63) is 52.6 Å². The van der Waals surface area contributed by atoms with Crippen molar-refractivity contribution in [3.8, 4) is 16.9 Å². The monoisotopic (exact) mass is 230 g/mol. The van der Waals surface area contributed by atoms with Crippen molar-refractivity contribution in [1.29, 1.82) is 0 Å². The van der Waals surface area contributed by atoms with Gasteiger partial charge in [0, 0.05) is 11.6 Å². The molecular weight excluding hydrogens is 220 g/mol. The fraction of sp³-hybridized carbons (Fsp3) is 0. The van der Waals surface area contributed by atoms with E-state index in [9.17, 15) is 15.2 Å². The molecule has 0 atom stereocenters. The second-order valence-corrected chi connectivity index (χ2v) is 3.52. The summed E-state index contributed by atoms with van der Waals surface area (Å²) in [5.41, 5.74) is 6.27. The molecule has 0 saturated carbocycles. The lowest BCUT2D eigenvalue weighted by Gasteiger charge is -2.07. The number of nitrogens with zero attached hydrogens (tertiary/aromatic N) is 1. The number of nitro benzene ring substituents is 1. The molecule has 5 heteroatoms. The zero-order valence-electron chi connectivity index (χ0n) is 8.83. The van der Waals surface area contributed by atoms with Crippen molar-refractivity contribution in [2.75, 3.05) is 5.73 Å². The maximum absolute atomic E-state index is 10.6. The van der Waals surface area contributed by atoms with Crippen LogP contribution in [0.3, 0.4) is 0 Å². The lowest BCUT2D eigenvalue weighted by Crippen LogP contribution is -1.96. The van der Waals surface area contributed by atoms with Crippen molar-refractivity contribution in [2.45, 2.75) is 0 Å². The summed E-state index contributed by atoms with van der Waals surface area (Å²) in [7, 11) is 0. The van der Waals surface area contributed by atoms with Crippen LogP contribution in [0.25, 0.3) is 11.1 Å². The third kappa shape index (κ3) is 1.90. The van der Waals surface area contributed by atoms with Gasteiger partial charge in [0.25, 0.3) is 5.69 Å². The lowest BCUT2D eigenvalue weighted by molar-refractivity contribution is -0.383. The van der Waals surface area contributed by atoms with Gasteiger partial charge in [0.15, 0.2) is 11.4 Å². The van der Waals surface area contributed by atoms with Crippen molar-refractivity contribution >= 4 is 11.4 Å². The summed E-state index contributed by atoms with van der Waals surface area (Å²) in [5, 5.41) is 20.5. The van der Waals surface area contributed by atoms with E-state index in [-0.39, 0.29) is 17.1 Å². The Bertz CT molecular complexity index is 567. The highest BCUT2D eigenvalue weighted by molar-refractivity contribution is 5.81. The van der Waals surface area contributed by atoms with Crippen LogP contribution in [0.5, 0.6) is 5.75 Å². The highest BCUT2D eigenvalue weighted by atomic mass is 16.6. The topological polar surface area (TPSA) is 89.4 Å². The normalized spacial score (nSPS) is 10.1. The predicted octanol–water partition coefficient (Wildman–Crippen LogP) is 2.55. The van der Waals surface area contributed by atoms with Crippen LogP contribution in [0.1, 0.15) is 0 Å². The Morgan fingerprint density at radius 2 is 1.76 bits per heavy atom. The number of nitrogen functional groups attached to an aromatic ring is 1. The molecule has 17 heavy (non-hydrogen) atoms. The molecular formula is C12H10N2O3. The zero-order valence-corrected chi connectivity index (χ0v) is 8.83. The Morgan fingerprint density at radius 1 is 1.12 bits per heavy atom. The standard InChI is InChI=1S/C12H10N2O3/c13-11-10(14(16)17)7-6-9(12(11)15)8-4-2-1-3-5-8/h1-7,15H,13H2. The van der Waals surface area contributed by atoms with Crippen LogP contribution in [0.15, 0.2) is 42.5 Å². The van der Waals surface area contributed by atoms with Crippen molar-refractivity contribution < 1.29 is 10.0 Å². The molecule has 0 amide bonds. The third-order valence-corrected chi connectivity index (χ3v) is 2.48. The van der Waals surface area contributed by atoms with Crippen LogP contribution >= 0.6 is 0 Å². The number of rotatable bonds is 2. The van der Waals surface area contributed by atoms with Gasteiger partial charge < -0.3 is 10.8 Å². The number of nitrogens with two attached hydrogens (primary N) is 1. The fourth-order valence-corrected chi connectivity index (χ4v) is 1.61. The van der Waals surface area contributed by atoms with Gasteiger partial charge in [-0.05, 0) is 11.6 Å². The van der Waals surface area contributed by atoms with Gasteiger partial charge in [-0.1, -0.05) is 30.3 Å². The highest BCUT2D eigenvalue weighted by Crippen LogP contribution is 2.39. The summed E-state index contributed by atoms with van der Waals surface area (Å²) in [5.74, 6) is -0.259. The number of hydrogen-bond donors (Lipinski definition) is 2. The highest BCUT2D eigenvalue weighted by Gasteiger charge is 2.18. The van der Waals surface area contributed by atoms with Crippen LogP contribution in [0.2, 0.25) is 0 Å². The molecule has 3 N–H and O–H groups in total. The Balaban J connectivity index is 2.60. The second kappa shape index (κ2) is 4.13. The predicted molar refractivity (Wildman–Crippen MR) is 64.6 cm³/mol. The largest absolute Gasteiger partial charge is 0.505 e. The number of hydrogen-bond acceptors (Lipinski definition) is 4. The summed E-state index contributed by atoms with van der Waals surface area (Å²) < 4.78 is 0. The van der Waals surface area contributed by atoms with Gasteiger partial charge in [-0.25, -0.2) is 0 Å². The summed E-state index contributed by atoms with van der Waals surface area (Å²) >= 11 is 0. The molecule has 0 unspecified atom stereocenters. The maximum atomic E-state index is 10.6. The first kappa shape index (κ1) is 10.9. The van der Waals surface area contributed by atoms with Crippen LogP contribution in [0.4, 0.5) is 11.4 Å². The van der Waals surface area contributed by atoms with Crippen LogP contribution in [-0.4, -0.2) is 10.0 Å². The van der Waals surface area contributed by atoms with E-state index in [1.165, 1.54) is 12.1 Å². The molecule has 2 aromatic carbocycles. The van der Waals surface area contributed by atoms with E-state index < -0.39 is 4.92 Å².